The van der Waals surface area contributed by atoms with E-state index in [-0.39, 0.29) is 0 Å². The Hall–Kier alpha value is -1.49. The van der Waals surface area contributed by atoms with Crippen LogP contribution in [-0.4, -0.2) is 6.54 Å². The van der Waals surface area contributed by atoms with Crippen molar-refractivity contribution in [2.24, 2.45) is 0 Å². The third-order valence-electron chi connectivity index (χ3n) is 4.21. The number of nitrogen functional groups attached to an aromatic ring is 1. The first-order chi connectivity index (χ1) is 11.0. The first-order valence-electron chi connectivity index (χ1n) is 7.20. The van der Waals surface area contributed by atoms with Crippen molar-refractivity contribution in [3.8, 4) is 0 Å². The summed E-state index contributed by atoms with van der Waals surface area (Å²) in [7, 11) is 0. The highest BCUT2D eigenvalue weighted by molar-refractivity contribution is 9.10. The summed E-state index contributed by atoms with van der Waals surface area (Å²) in [5.41, 5.74) is 10.4. The van der Waals surface area contributed by atoms with Gasteiger partial charge < -0.3 is 5.73 Å². The van der Waals surface area contributed by atoms with E-state index in [9.17, 15) is 0 Å². The van der Waals surface area contributed by atoms with Crippen molar-refractivity contribution in [1.29, 1.82) is 0 Å². The van der Waals surface area contributed by atoms with Gasteiger partial charge in [-0.3, -0.25) is 0 Å². The van der Waals surface area contributed by atoms with Crippen LogP contribution >= 0.6 is 39.1 Å². The van der Waals surface area contributed by atoms with Crippen LogP contribution in [0.15, 0.2) is 40.9 Å². The summed E-state index contributed by atoms with van der Waals surface area (Å²) >= 11 is 15.7. The molecule has 0 amide bonds. The molecule has 116 valence electrons. The van der Waals surface area contributed by atoms with Crippen LogP contribution in [0.2, 0.25) is 10.0 Å². The molecule has 0 bridgehead atoms. The minimum Gasteiger partial charge on any atom is -0.398 e. The Morgan fingerprint density at radius 1 is 1.09 bits per heavy atom. The van der Waals surface area contributed by atoms with E-state index >= 15 is 0 Å². The fourth-order valence-corrected chi connectivity index (χ4v) is 3.72. The number of hydrogen-bond donors (Lipinski definition) is 1. The summed E-state index contributed by atoms with van der Waals surface area (Å²) in [5, 5.41) is 2.14. The van der Waals surface area contributed by atoms with E-state index in [1.165, 1.54) is 0 Å². The number of aromatic amines is 1. The lowest BCUT2D eigenvalue weighted by atomic mass is 10.1. The lowest BCUT2D eigenvalue weighted by Crippen LogP contribution is -2.21. The highest BCUT2D eigenvalue weighted by Gasteiger charge is 2.32. The zero-order valence-corrected chi connectivity index (χ0v) is 15.1. The molecule has 1 aliphatic heterocycles. The molecule has 1 aliphatic rings. The quantitative estimate of drug-likeness (QED) is 0.614. The van der Waals surface area contributed by atoms with E-state index in [1.807, 2.05) is 36.4 Å². The molecule has 3 N–H and O–H groups in total. The van der Waals surface area contributed by atoms with E-state index in [1.54, 1.807) is 0 Å². The van der Waals surface area contributed by atoms with Crippen molar-refractivity contribution in [3.63, 3.8) is 0 Å². The van der Waals surface area contributed by atoms with Crippen LogP contribution in [0.5, 0.6) is 0 Å². The summed E-state index contributed by atoms with van der Waals surface area (Å²) in [6.45, 7) is 0.853. The molecule has 4 rings (SSSR count). The number of nitrogens with two attached hydrogens (primary N) is 1. The molecule has 0 spiro atoms. The van der Waals surface area contributed by atoms with Crippen LogP contribution in [0.25, 0.3) is 10.9 Å². The molecule has 0 saturated heterocycles. The lowest BCUT2D eigenvalue weighted by Gasteiger charge is -2.12. The Balaban J connectivity index is 1.89. The standard InChI is InChI=1S/C17H12BrCl2N3/c18-9-1-4-15-12(7-9)16(21)11-5-6-23(17(11)22-15)10-2-3-13(19)14(20)8-10/h1-4,7-8H,5-6H2,(H2,21,22)/p+1. The Labute approximate surface area is 152 Å². The molecular formula is C17H13BrCl2N3+. The van der Waals surface area contributed by atoms with Gasteiger partial charge in [-0.15, -0.1) is 0 Å². The minimum absolute atomic E-state index is 0.551. The molecule has 0 atom stereocenters. The number of H-pyrrole nitrogens is 1. The molecule has 23 heavy (non-hydrogen) atoms. The number of nitrogens with one attached hydrogen (secondary N) is 1. The molecule has 1 aromatic heterocycles. The number of halogens is 3. The molecule has 0 fully saturated rings. The van der Waals surface area contributed by atoms with Crippen molar-refractivity contribution >= 4 is 67.2 Å². The van der Waals surface area contributed by atoms with Crippen LogP contribution in [0.1, 0.15) is 5.56 Å². The van der Waals surface area contributed by atoms with Crippen molar-refractivity contribution in [1.82, 2.24) is 0 Å². The maximum Gasteiger partial charge on any atom is 0.285 e. The van der Waals surface area contributed by atoms with Crippen LogP contribution < -0.4 is 15.6 Å². The van der Waals surface area contributed by atoms with Gasteiger partial charge in [-0.25, -0.2) is 9.88 Å². The zero-order valence-electron chi connectivity index (χ0n) is 12.0. The normalized spacial score (nSPS) is 13.6. The molecule has 6 heteroatoms. The van der Waals surface area contributed by atoms with Gasteiger partial charge in [0, 0.05) is 22.3 Å². The SMILES string of the molecule is Nc1c2c([nH+]c3ccc(Br)cc13)N(c1ccc(Cl)c(Cl)c1)CC2. The van der Waals surface area contributed by atoms with E-state index in [2.05, 4.69) is 25.8 Å². The average Bonchev–Trinajstić information content (AvgIpc) is 2.95. The second-order valence-electron chi connectivity index (χ2n) is 5.56. The fraction of sp³-hybridized carbons (Fsp3) is 0.118. The van der Waals surface area contributed by atoms with Gasteiger partial charge in [-0.2, -0.15) is 0 Å². The van der Waals surface area contributed by atoms with E-state index in [0.717, 1.165) is 51.1 Å². The second-order valence-corrected chi connectivity index (χ2v) is 7.29. The first-order valence-corrected chi connectivity index (χ1v) is 8.75. The van der Waals surface area contributed by atoms with E-state index in [4.69, 9.17) is 28.9 Å². The molecule has 0 saturated carbocycles. The Morgan fingerprint density at radius 3 is 2.70 bits per heavy atom. The molecule has 2 heterocycles. The number of aromatic nitrogens is 1. The highest BCUT2D eigenvalue weighted by atomic mass is 79.9. The topological polar surface area (TPSA) is 43.4 Å². The molecule has 2 aromatic carbocycles. The van der Waals surface area contributed by atoms with Gasteiger partial charge in [0.15, 0.2) is 0 Å². The minimum atomic E-state index is 0.551. The Bertz CT molecular complexity index is 943. The zero-order chi connectivity index (χ0) is 16.1. The molecule has 3 aromatic rings. The van der Waals surface area contributed by atoms with Gasteiger partial charge in [0.1, 0.15) is 11.2 Å². The van der Waals surface area contributed by atoms with Gasteiger partial charge in [-0.1, -0.05) is 39.1 Å². The van der Waals surface area contributed by atoms with E-state index < -0.39 is 0 Å². The Kier molecular flexibility index (Phi) is 3.63. The lowest BCUT2D eigenvalue weighted by molar-refractivity contribution is -0.329. The average molecular weight is 410 g/mol. The molecule has 0 radical (unpaired) electrons. The smallest absolute Gasteiger partial charge is 0.285 e. The molecule has 0 unspecified atom stereocenters. The number of fused-ring (bicyclic) bond motifs is 2. The van der Waals surface area contributed by atoms with Crippen LogP contribution in [0.3, 0.4) is 0 Å². The summed E-state index contributed by atoms with van der Waals surface area (Å²) < 4.78 is 1.02. The monoisotopic (exact) mass is 408 g/mol. The molecule has 0 aliphatic carbocycles. The highest BCUT2D eigenvalue weighted by Crippen LogP contribution is 2.39. The van der Waals surface area contributed by atoms with Crippen molar-refractivity contribution in [2.75, 3.05) is 17.2 Å². The van der Waals surface area contributed by atoms with Crippen molar-refractivity contribution in [3.05, 3.63) is 56.5 Å². The number of pyridine rings is 1. The van der Waals surface area contributed by atoms with Gasteiger partial charge in [0.2, 0.25) is 0 Å². The summed E-state index contributed by atoms with van der Waals surface area (Å²) in [6.07, 6.45) is 0.889. The number of anilines is 3. The van der Waals surface area contributed by atoms with Crippen LogP contribution in [0, 0.1) is 0 Å². The van der Waals surface area contributed by atoms with Gasteiger partial charge in [-0.05, 0) is 30.3 Å². The van der Waals surface area contributed by atoms with Crippen LogP contribution in [-0.2, 0) is 6.42 Å². The number of nitrogens with zero attached hydrogens (tertiary/aromatic N) is 1. The van der Waals surface area contributed by atoms with Crippen molar-refractivity contribution < 1.29 is 4.98 Å². The number of rotatable bonds is 1. The largest absolute Gasteiger partial charge is 0.398 e. The van der Waals surface area contributed by atoms with Gasteiger partial charge >= 0.3 is 0 Å². The maximum absolute atomic E-state index is 6.42. The van der Waals surface area contributed by atoms with Crippen molar-refractivity contribution in [2.45, 2.75) is 6.42 Å². The summed E-state index contributed by atoms with van der Waals surface area (Å²) in [6, 6.07) is 11.8. The number of hydrogen-bond acceptors (Lipinski definition) is 2. The molecule has 3 nitrogen and oxygen atoms in total. The first kappa shape index (κ1) is 15.1. The summed E-state index contributed by atoms with van der Waals surface area (Å²) in [4.78, 5) is 5.70. The van der Waals surface area contributed by atoms with Crippen LogP contribution in [0.4, 0.5) is 17.2 Å². The maximum atomic E-state index is 6.42. The molecular weight excluding hydrogens is 397 g/mol. The van der Waals surface area contributed by atoms with Gasteiger partial charge in [0.05, 0.1) is 27.8 Å². The predicted octanol–water partition coefficient (Wildman–Crippen LogP) is 5.00. The second kappa shape index (κ2) is 5.55. The fourth-order valence-electron chi connectivity index (χ4n) is 3.07. The number of benzene rings is 2. The van der Waals surface area contributed by atoms with E-state index in [0.29, 0.717) is 10.0 Å². The predicted molar refractivity (Wildman–Crippen MR) is 99.8 cm³/mol. The third-order valence-corrected chi connectivity index (χ3v) is 5.44. The third kappa shape index (κ3) is 2.45. The summed E-state index contributed by atoms with van der Waals surface area (Å²) in [5.74, 6) is 1.02. The van der Waals surface area contributed by atoms with Gasteiger partial charge in [0.25, 0.3) is 5.82 Å². The Morgan fingerprint density at radius 2 is 1.91 bits per heavy atom.